The third-order valence-electron chi connectivity index (χ3n) is 4.24. The molecule has 1 saturated heterocycles. The average Bonchev–Trinajstić information content (AvgIpc) is 3.27. The van der Waals surface area contributed by atoms with Gasteiger partial charge in [0.15, 0.2) is 0 Å². The Morgan fingerprint density at radius 2 is 2.25 bits per heavy atom. The van der Waals surface area contributed by atoms with E-state index in [1.54, 1.807) is 6.20 Å². The Morgan fingerprint density at radius 1 is 1.29 bits per heavy atom. The number of aromatic nitrogens is 5. The van der Waals surface area contributed by atoms with E-state index in [0.717, 1.165) is 43.2 Å². The summed E-state index contributed by atoms with van der Waals surface area (Å²) in [7, 11) is 1.94. The molecule has 0 radical (unpaired) electrons. The fourth-order valence-electron chi connectivity index (χ4n) is 3.01. The summed E-state index contributed by atoms with van der Waals surface area (Å²) in [4.78, 5) is 6.97. The molecule has 0 aliphatic carbocycles. The second-order valence-electron chi connectivity index (χ2n) is 6.06. The van der Waals surface area contributed by atoms with E-state index in [4.69, 9.17) is 4.74 Å². The lowest BCUT2D eigenvalue weighted by Crippen LogP contribution is -2.38. The number of nitrogens with zero attached hydrogens (tertiary/aromatic N) is 5. The molecule has 3 aromatic heterocycles. The Morgan fingerprint density at radius 3 is 2.96 bits per heavy atom. The van der Waals surface area contributed by atoms with Gasteiger partial charge in [-0.2, -0.15) is 10.2 Å². The molecule has 3 aromatic rings. The van der Waals surface area contributed by atoms with Crippen LogP contribution in [0.25, 0.3) is 11.3 Å². The quantitative estimate of drug-likeness (QED) is 0.792. The summed E-state index contributed by atoms with van der Waals surface area (Å²) in [5.41, 5.74) is 4.19. The Labute approximate surface area is 140 Å². The summed E-state index contributed by atoms with van der Waals surface area (Å²) in [5, 5.41) is 11.2. The summed E-state index contributed by atoms with van der Waals surface area (Å²) in [6.45, 7) is 3.37. The number of aromatic amines is 1. The third kappa shape index (κ3) is 3.22. The van der Waals surface area contributed by atoms with Crippen molar-refractivity contribution in [1.82, 2.24) is 29.9 Å². The minimum atomic E-state index is 0.00578. The summed E-state index contributed by atoms with van der Waals surface area (Å²) in [6, 6.07) is 6.02. The van der Waals surface area contributed by atoms with Crippen LogP contribution in [0.15, 0.2) is 43.0 Å². The molecule has 1 aliphatic heterocycles. The first-order valence-corrected chi connectivity index (χ1v) is 8.05. The SMILES string of the molecule is Cn1cc(CN2CCO[C@@H](c3ccc(-c4ccn[nH]4)cn3)C2)cn1. The molecule has 7 nitrogen and oxygen atoms in total. The number of rotatable bonds is 4. The summed E-state index contributed by atoms with van der Waals surface area (Å²) >= 11 is 0. The molecule has 0 aromatic carbocycles. The van der Waals surface area contributed by atoms with Crippen molar-refractivity contribution >= 4 is 0 Å². The van der Waals surface area contributed by atoms with Gasteiger partial charge in [-0.05, 0) is 18.2 Å². The predicted octanol–water partition coefficient (Wildman–Crippen LogP) is 1.78. The number of H-pyrrole nitrogens is 1. The molecule has 7 heteroatoms. The zero-order valence-electron chi connectivity index (χ0n) is 13.6. The van der Waals surface area contributed by atoms with Crippen LogP contribution in [-0.2, 0) is 18.3 Å². The highest BCUT2D eigenvalue weighted by atomic mass is 16.5. The van der Waals surface area contributed by atoms with E-state index >= 15 is 0 Å². The van der Waals surface area contributed by atoms with Crippen LogP contribution in [0.3, 0.4) is 0 Å². The maximum Gasteiger partial charge on any atom is 0.112 e. The van der Waals surface area contributed by atoms with Gasteiger partial charge in [-0.3, -0.25) is 19.7 Å². The van der Waals surface area contributed by atoms with Gasteiger partial charge in [0.25, 0.3) is 0 Å². The fourth-order valence-corrected chi connectivity index (χ4v) is 3.01. The first kappa shape index (κ1) is 15.0. The number of morpholine rings is 1. The molecule has 24 heavy (non-hydrogen) atoms. The number of pyridine rings is 1. The Kier molecular flexibility index (Phi) is 4.10. The first-order chi connectivity index (χ1) is 11.8. The predicted molar refractivity (Wildman–Crippen MR) is 89.0 cm³/mol. The lowest BCUT2D eigenvalue weighted by molar-refractivity contribution is -0.0349. The Hall–Kier alpha value is -2.51. The van der Waals surface area contributed by atoms with Crippen LogP contribution < -0.4 is 0 Å². The molecular weight excluding hydrogens is 304 g/mol. The van der Waals surface area contributed by atoms with Crippen LogP contribution >= 0.6 is 0 Å². The molecule has 0 saturated carbocycles. The van der Waals surface area contributed by atoms with E-state index in [0.29, 0.717) is 0 Å². The van der Waals surface area contributed by atoms with Crippen molar-refractivity contribution in [2.45, 2.75) is 12.6 Å². The van der Waals surface area contributed by atoms with Gasteiger partial charge < -0.3 is 4.74 Å². The van der Waals surface area contributed by atoms with E-state index in [9.17, 15) is 0 Å². The lowest BCUT2D eigenvalue weighted by atomic mass is 10.1. The average molecular weight is 324 g/mol. The Bertz CT molecular complexity index is 780. The van der Waals surface area contributed by atoms with Crippen molar-refractivity contribution in [3.63, 3.8) is 0 Å². The molecular formula is C17H20N6O. The number of nitrogens with one attached hydrogen (secondary N) is 1. The number of aryl methyl sites for hydroxylation is 1. The molecule has 1 aliphatic rings. The number of hydrogen-bond donors (Lipinski definition) is 1. The molecule has 1 N–H and O–H groups in total. The highest BCUT2D eigenvalue weighted by molar-refractivity contribution is 5.57. The smallest absolute Gasteiger partial charge is 0.112 e. The van der Waals surface area contributed by atoms with Gasteiger partial charge in [0.1, 0.15) is 6.10 Å². The van der Waals surface area contributed by atoms with Gasteiger partial charge >= 0.3 is 0 Å². The molecule has 0 unspecified atom stereocenters. The zero-order chi connectivity index (χ0) is 16.4. The topological polar surface area (TPSA) is 71.9 Å². The molecule has 124 valence electrons. The van der Waals surface area contributed by atoms with Crippen LogP contribution in [0.5, 0.6) is 0 Å². The minimum Gasteiger partial charge on any atom is -0.369 e. The second kappa shape index (κ2) is 6.54. The maximum absolute atomic E-state index is 5.92. The summed E-state index contributed by atoms with van der Waals surface area (Å²) in [6.07, 6.45) is 7.59. The zero-order valence-corrected chi connectivity index (χ0v) is 13.6. The largest absolute Gasteiger partial charge is 0.369 e. The van der Waals surface area contributed by atoms with E-state index < -0.39 is 0 Å². The molecule has 0 amide bonds. The molecule has 4 heterocycles. The van der Waals surface area contributed by atoms with Gasteiger partial charge in [0, 0.05) is 56.4 Å². The molecule has 1 atom stereocenters. The van der Waals surface area contributed by atoms with E-state index in [1.165, 1.54) is 5.56 Å². The second-order valence-corrected chi connectivity index (χ2v) is 6.06. The molecule has 4 rings (SSSR count). The summed E-state index contributed by atoms with van der Waals surface area (Å²) < 4.78 is 7.76. The lowest BCUT2D eigenvalue weighted by Gasteiger charge is -2.32. The van der Waals surface area contributed by atoms with Crippen molar-refractivity contribution in [3.8, 4) is 11.3 Å². The minimum absolute atomic E-state index is 0.00578. The fraction of sp³-hybridized carbons (Fsp3) is 0.353. The van der Waals surface area contributed by atoms with Crippen molar-refractivity contribution in [2.75, 3.05) is 19.7 Å². The summed E-state index contributed by atoms with van der Waals surface area (Å²) in [5.74, 6) is 0. The molecule has 1 fully saturated rings. The number of ether oxygens (including phenoxy) is 1. The van der Waals surface area contributed by atoms with Crippen molar-refractivity contribution in [1.29, 1.82) is 0 Å². The monoisotopic (exact) mass is 324 g/mol. The highest BCUT2D eigenvalue weighted by Gasteiger charge is 2.23. The van der Waals surface area contributed by atoms with E-state index in [1.807, 2.05) is 36.3 Å². The van der Waals surface area contributed by atoms with Crippen LogP contribution in [0.4, 0.5) is 0 Å². The van der Waals surface area contributed by atoms with Crippen molar-refractivity contribution < 1.29 is 4.74 Å². The van der Waals surface area contributed by atoms with Gasteiger partial charge in [0.05, 0.1) is 24.2 Å². The standard InChI is InChI=1S/C17H20N6O/c1-22-10-13(8-20-22)11-23-6-7-24-17(12-23)16-3-2-14(9-18-16)15-4-5-19-21-15/h2-5,8-10,17H,6-7,11-12H2,1H3,(H,19,21)/t17-/m1/s1. The van der Waals surface area contributed by atoms with E-state index in [2.05, 4.69) is 37.4 Å². The number of hydrogen-bond acceptors (Lipinski definition) is 5. The third-order valence-corrected chi connectivity index (χ3v) is 4.24. The van der Waals surface area contributed by atoms with Crippen LogP contribution in [-0.4, -0.2) is 49.6 Å². The van der Waals surface area contributed by atoms with Gasteiger partial charge in [-0.25, -0.2) is 0 Å². The Balaban J connectivity index is 1.43. The van der Waals surface area contributed by atoms with Crippen LogP contribution in [0, 0.1) is 0 Å². The van der Waals surface area contributed by atoms with Crippen molar-refractivity contribution in [3.05, 3.63) is 54.2 Å². The van der Waals surface area contributed by atoms with Crippen LogP contribution in [0.2, 0.25) is 0 Å². The normalized spacial score (nSPS) is 18.8. The van der Waals surface area contributed by atoms with Gasteiger partial charge in [0.2, 0.25) is 0 Å². The van der Waals surface area contributed by atoms with Gasteiger partial charge in [-0.15, -0.1) is 0 Å². The van der Waals surface area contributed by atoms with Crippen LogP contribution in [0.1, 0.15) is 17.4 Å². The first-order valence-electron chi connectivity index (χ1n) is 8.05. The van der Waals surface area contributed by atoms with E-state index in [-0.39, 0.29) is 6.10 Å². The molecule has 0 bridgehead atoms. The van der Waals surface area contributed by atoms with Gasteiger partial charge in [-0.1, -0.05) is 0 Å². The van der Waals surface area contributed by atoms with Crippen molar-refractivity contribution in [2.24, 2.45) is 7.05 Å². The highest BCUT2D eigenvalue weighted by Crippen LogP contribution is 2.23. The maximum atomic E-state index is 5.92. The molecule has 0 spiro atoms.